The molecule has 1 aromatic rings. The molecule has 0 saturated carbocycles. The lowest BCUT2D eigenvalue weighted by atomic mass is 10.1. The van der Waals surface area contributed by atoms with Crippen molar-refractivity contribution in [1.29, 1.82) is 0 Å². The first-order valence-electron chi connectivity index (χ1n) is 4.99. The van der Waals surface area contributed by atoms with Crippen LogP contribution < -0.4 is 4.90 Å². The van der Waals surface area contributed by atoms with Crippen molar-refractivity contribution in [2.24, 2.45) is 0 Å². The number of rotatable bonds is 3. The van der Waals surface area contributed by atoms with Crippen LogP contribution in [-0.2, 0) is 9.59 Å². The predicted octanol–water partition coefficient (Wildman–Crippen LogP) is 1.48. The van der Waals surface area contributed by atoms with Crippen LogP contribution in [0.15, 0.2) is 12.1 Å². The molecule has 18 heavy (non-hydrogen) atoms. The van der Waals surface area contributed by atoms with E-state index < -0.39 is 23.5 Å². The number of nitrogens with zero attached hydrogens (tertiary/aromatic N) is 1. The zero-order valence-corrected chi connectivity index (χ0v) is 9.70. The summed E-state index contributed by atoms with van der Waals surface area (Å²) in [6, 6.07) is 2.21. The molecule has 0 bridgehead atoms. The standard InChI is InChI=1S/C11H7ClFNO4/c12-5-1-2-6(13)9-8(5)10(17)11(18)14(9)4-3-7(15)16/h1-2H,3-4H2,(H,15,16). The Bertz CT molecular complexity index is 572. The molecule has 1 heterocycles. The smallest absolute Gasteiger partial charge is 0.305 e. The van der Waals surface area contributed by atoms with Crippen LogP contribution in [0.4, 0.5) is 10.1 Å². The maximum Gasteiger partial charge on any atom is 0.305 e. The fourth-order valence-corrected chi connectivity index (χ4v) is 2.01. The molecule has 0 fully saturated rings. The monoisotopic (exact) mass is 271 g/mol. The quantitative estimate of drug-likeness (QED) is 0.845. The Morgan fingerprint density at radius 3 is 2.67 bits per heavy atom. The van der Waals surface area contributed by atoms with Gasteiger partial charge in [-0.2, -0.15) is 0 Å². The van der Waals surface area contributed by atoms with E-state index in [1.165, 1.54) is 6.07 Å². The van der Waals surface area contributed by atoms with Crippen LogP contribution >= 0.6 is 11.6 Å². The summed E-state index contributed by atoms with van der Waals surface area (Å²) < 4.78 is 13.6. The van der Waals surface area contributed by atoms with Crippen LogP contribution in [0, 0.1) is 5.82 Å². The molecule has 0 atom stereocenters. The average Bonchev–Trinajstić information content (AvgIpc) is 2.56. The number of carboxylic acids is 1. The van der Waals surface area contributed by atoms with E-state index >= 15 is 0 Å². The molecule has 1 N–H and O–H groups in total. The number of carbonyl (C=O) groups is 3. The van der Waals surface area contributed by atoms with Gasteiger partial charge < -0.3 is 10.0 Å². The summed E-state index contributed by atoms with van der Waals surface area (Å²) in [7, 11) is 0. The SMILES string of the molecule is O=C(O)CCN1C(=O)C(=O)c2c(Cl)ccc(F)c21. The summed E-state index contributed by atoms with van der Waals surface area (Å²) in [6.45, 7) is -0.274. The maximum atomic E-state index is 13.6. The van der Waals surface area contributed by atoms with E-state index in [1.807, 2.05) is 0 Å². The van der Waals surface area contributed by atoms with Gasteiger partial charge in [0.05, 0.1) is 22.7 Å². The second kappa shape index (κ2) is 4.38. The lowest BCUT2D eigenvalue weighted by molar-refractivity contribution is -0.136. The van der Waals surface area contributed by atoms with Crippen molar-refractivity contribution in [2.75, 3.05) is 11.4 Å². The van der Waals surface area contributed by atoms with Gasteiger partial charge in [-0.1, -0.05) is 11.6 Å². The van der Waals surface area contributed by atoms with Gasteiger partial charge in [0.2, 0.25) is 0 Å². The van der Waals surface area contributed by atoms with Crippen LogP contribution in [0.1, 0.15) is 16.8 Å². The predicted molar refractivity (Wildman–Crippen MR) is 60.3 cm³/mol. The number of aliphatic carboxylic acids is 1. The molecule has 5 nitrogen and oxygen atoms in total. The van der Waals surface area contributed by atoms with Gasteiger partial charge in [0.15, 0.2) is 0 Å². The molecule has 1 aliphatic rings. The van der Waals surface area contributed by atoms with E-state index in [1.54, 1.807) is 0 Å². The van der Waals surface area contributed by atoms with Crippen LogP contribution in [0.2, 0.25) is 5.02 Å². The Morgan fingerprint density at radius 1 is 1.39 bits per heavy atom. The highest BCUT2D eigenvalue weighted by Crippen LogP contribution is 2.36. The summed E-state index contributed by atoms with van der Waals surface area (Å²) >= 11 is 5.75. The highest BCUT2D eigenvalue weighted by atomic mass is 35.5. The maximum absolute atomic E-state index is 13.6. The lowest BCUT2D eigenvalue weighted by Crippen LogP contribution is -2.32. The summed E-state index contributed by atoms with van der Waals surface area (Å²) in [4.78, 5) is 34.6. The van der Waals surface area contributed by atoms with E-state index in [-0.39, 0.29) is 29.2 Å². The Balaban J connectivity index is 2.48. The number of hydrogen-bond donors (Lipinski definition) is 1. The first kappa shape index (κ1) is 12.5. The van der Waals surface area contributed by atoms with Gasteiger partial charge in [-0.3, -0.25) is 14.4 Å². The van der Waals surface area contributed by atoms with Gasteiger partial charge in [-0.15, -0.1) is 0 Å². The highest BCUT2D eigenvalue weighted by molar-refractivity contribution is 6.55. The molecular formula is C11H7ClFNO4. The minimum atomic E-state index is -1.15. The third-order valence-corrected chi connectivity index (χ3v) is 2.88. The Kier molecular flexibility index (Phi) is 3.04. The Morgan fingerprint density at radius 2 is 2.06 bits per heavy atom. The van der Waals surface area contributed by atoms with Crippen LogP contribution in [-0.4, -0.2) is 29.3 Å². The van der Waals surface area contributed by atoms with Crippen molar-refractivity contribution < 1.29 is 23.9 Å². The van der Waals surface area contributed by atoms with E-state index in [2.05, 4.69) is 0 Å². The fourth-order valence-electron chi connectivity index (χ4n) is 1.77. The molecule has 0 saturated heterocycles. The molecule has 7 heteroatoms. The van der Waals surface area contributed by atoms with E-state index in [0.29, 0.717) is 0 Å². The first-order valence-corrected chi connectivity index (χ1v) is 5.37. The zero-order valence-electron chi connectivity index (χ0n) is 8.94. The van der Waals surface area contributed by atoms with Crippen molar-refractivity contribution in [1.82, 2.24) is 0 Å². The van der Waals surface area contributed by atoms with Gasteiger partial charge in [0.25, 0.3) is 11.7 Å². The molecule has 94 valence electrons. The summed E-state index contributed by atoms with van der Waals surface area (Å²) in [5.41, 5.74) is -0.439. The van der Waals surface area contributed by atoms with Crippen LogP contribution in [0.3, 0.4) is 0 Å². The van der Waals surface area contributed by atoms with Crippen molar-refractivity contribution >= 4 is 34.9 Å². The van der Waals surface area contributed by atoms with Crippen LogP contribution in [0.5, 0.6) is 0 Å². The van der Waals surface area contributed by atoms with Gasteiger partial charge in [0.1, 0.15) is 5.82 Å². The fraction of sp³-hybridized carbons (Fsp3) is 0.182. The molecule has 0 aromatic heterocycles. The molecule has 0 spiro atoms. The van der Waals surface area contributed by atoms with Crippen molar-refractivity contribution in [3.63, 3.8) is 0 Å². The second-order valence-corrected chi connectivity index (χ2v) is 4.09. The van der Waals surface area contributed by atoms with E-state index in [4.69, 9.17) is 16.7 Å². The number of ketones is 1. The average molecular weight is 272 g/mol. The summed E-state index contributed by atoms with van der Waals surface area (Å²) in [5.74, 6) is -3.80. The number of Topliss-reactive ketones (excluding diaryl/α,β-unsaturated/α-hetero) is 1. The number of carbonyl (C=O) groups excluding carboxylic acids is 2. The summed E-state index contributed by atoms with van der Waals surface area (Å²) in [6.07, 6.45) is -0.385. The van der Waals surface area contributed by atoms with E-state index in [9.17, 15) is 18.8 Å². The van der Waals surface area contributed by atoms with Gasteiger partial charge in [-0.05, 0) is 12.1 Å². The number of halogens is 2. The minimum absolute atomic E-state index is 0.0254. The third-order valence-electron chi connectivity index (χ3n) is 2.56. The molecule has 0 aliphatic carbocycles. The van der Waals surface area contributed by atoms with Gasteiger partial charge in [-0.25, -0.2) is 4.39 Å². The van der Waals surface area contributed by atoms with Gasteiger partial charge >= 0.3 is 5.97 Å². The second-order valence-electron chi connectivity index (χ2n) is 3.68. The normalized spacial score (nSPS) is 14.0. The van der Waals surface area contributed by atoms with Crippen molar-refractivity contribution in [3.05, 3.63) is 28.5 Å². The highest BCUT2D eigenvalue weighted by Gasteiger charge is 2.39. The number of benzene rings is 1. The molecule has 0 radical (unpaired) electrons. The molecule has 1 amide bonds. The molecular weight excluding hydrogens is 265 g/mol. The molecule has 0 unspecified atom stereocenters. The topological polar surface area (TPSA) is 74.7 Å². The van der Waals surface area contributed by atoms with E-state index in [0.717, 1.165) is 11.0 Å². The molecule has 1 aromatic carbocycles. The Hall–Kier alpha value is -1.95. The number of carboxylic acid groups (broad SMARTS) is 1. The lowest BCUT2D eigenvalue weighted by Gasteiger charge is -2.15. The minimum Gasteiger partial charge on any atom is -0.481 e. The molecule has 2 rings (SSSR count). The third kappa shape index (κ3) is 1.84. The number of amides is 1. The van der Waals surface area contributed by atoms with Gasteiger partial charge in [0, 0.05) is 6.54 Å². The largest absolute Gasteiger partial charge is 0.481 e. The first-order chi connectivity index (χ1) is 8.43. The summed E-state index contributed by atoms with van der Waals surface area (Å²) in [5, 5.41) is 8.53. The number of fused-ring (bicyclic) bond motifs is 1. The van der Waals surface area contributed by atoms with Crippen molar-refractivity contribution in [2.45, 2.75) is 6.42 Å². The number of hydrogen-bond acceptors (Lipinski definition) is 3. The van der Waals surface area contributed by atoms with Crippen LogP contribution in [0.25, 0.3) is 0 Å². The zero-order chi connectivity index (χ0) is 13.4. The molecule has 1 aliphatic heterocycles. The Labute approximate surface area is 106 Å². The number of anilines is 1. The van der Waals surface area contributed by atoms with Crippen molar-refractivity contribution in [3.8, 4) is 0 Å².